The van der Waals surface area contributed by atoms with E-state index in [4.69, 9.17) is 30.6 Å². The summed E-state index contributed by atoms with van der Waals surface area (Å²) in [7, 11) is 0. The second-order valence-corrected chi connectivity index (χ2v) is 4.19. The smallest absolute Gasteiger partial charge is 0.347 e. The van der Waals surface area contributed by atoms with Crippen LogP contribution in [0.5, 0.6) is 0 Å². The van der Waals surface area contributed by atoms with Crippen molar-refractivity contribution in [2.45, 2.75) is 36.6 Å². The van der Waals surface area contributed by atoms with E-state index in [2.05, 4.69) is 4.74 Å². The van der Waals surface area contributed by atoms with Gasteiger partial charge in [-0.1, -0.05) is 0 Å². The third kappa shape index (κ3) is 5.42. The Bertz CT molecular complexity index is 473. The van der Waals surface area contributed by atoms with Crippen LogP contribution in [-0.4, -0.2) is 101 Å². The number of ether oxygens (including phenoxy) is 1. The molecule has 0 fully saturated rings. The number of carbonyl (C=O) groups excluding carboxylic acids is 1. The maximum absolute atomic E-state index is 11.3. The van der Waals surface area contributed by atoms with Gasteiger partial charge in [-0.2, -0.15) is 0 Å². The number of carbonyl (C=O) groups is 4. The number of aliphatic hydroxyl groups is 5. The predicted octanol–water partition coefficient (Wildman–Crippen LogP) is -5.04. The molecule has 0 saturated carbocycles. The van der Waals surface area contributed by atoms with Gasteiger partial charge in [-0.05, 0) is 0 Å². The molecule has 23 heavy (non-hydrogen) atoms. The number of rotatable bonds is 9. The quantitative estimate of drug-likeness (QED) is 0.183. The summed E-state index contributed by atoms with van der Waals surface area (Å²) in [6.07, 6.45) is -15.9. The monoisotopic (exact) mass is 342 g/mol. The Morgan fingerprint density at radius 3 is 1.39 bits per heavy atom. The van der Waals surface area contributed by atoms with E-state index in [1.165, 1.54) is 0 Å². The van der Waals surface area contributed by atoms with Gasteiger partial charge < -0.3 is 45.6 Å². The van der Waals surface area contributed by atoms with E-state index in [0.29, 0.717) is 0 Å². The number of hydrogen-bond donors (Lipinski definition) is 8. The van der Waals surface area contributed by atoms with Crippen LogP contribution in [-0.2, 0) is 23.9 Å². The van der Waals surface area contributed by atoms with Crippen molar-refractivity contribution in [2.24, 2.45) is 0 Å². The molecule has 0 aliphatic rings. The zero-order valence-corrected chi connectivity index (χ0v) is 11.1. The molecule has 8 N–H and O–H groups in total. The first-order chi connectivity index (χ1) is 10.4. The Balaban J connectivity index is 5.14. The Morgan fingerprint density at radius 2 is 1.04 bits per heavy atom. The molecule has 0 bridgehead atoms. The van der Waals surface area contributed by atoms with Crippen molar-refractivity contribution in [2.75, 3.05) is 0 Å². The molecule has 0 radical (unpaired) electrons. The van der Waals surface area contributed by atoms with Gasteiger partial charge in [0.1, 0.15) is 12.2 Å². The minimum absolute atomic E-state index is 1.98. The van der Waals surface area contributed by atoms with Crippen LogP contribution in [0.15, 0.2) is 0 Å². The van der Waals surface area contributed by atoms with Crippen LogP contribution in [0.3, 0.4) is 0 Å². The normalized spacial score (nSPS) is 18.8. The Kier molecular flexibility index (Phi) is 7.51. The molecule has 0 amide bonds. The van der Waals surface area contributed by atoms with Crippen LogP contribution in [0.2, 0.25) is 0 Å². The lowest BCUT2D eigenvalue weighted by molar-refractivity contribution is -0.193. The summed E-state index contributed by atoms with van der Waals surface area (Å²) in [5.74, 6) is -8.15. The van der Waals surface area contributed by atoms with Gasteiger partial charge >= 0.3 is 23.9 Å². The summed E-state index contributed by atoms with van der Waals surface area (Å²) >= 11 is 0. The highest BCUT2D eigenvalue weighted by Gasteiger charge is 2.42. The number of aliphatic carboxylic acids is 3. The Hall–Kier alpha value is -2.32. The molecule has 2 unspecified atom stereocenters. The molecule has 13 heteroatoms. The standard InChI is InChI=1S/C10H14O13/c11-1(3(13)7(16)17)2(12)6(9(20)21)23-10(22)5(15)4(14)8(18)19/h1-6,11-15H,(H,16,17)(H,18,19)(H,20,21)/t1-,2+,3+,4?,5?,6-/m1/s1. The number of aliphatic hydroxyl groups excluding tert-OH is 5. The third-order valence-corrected chi connectivity index (χ3v) is 2.52. The van der Waals surface area contributed by atoms with Crippen LogP contribution in [0.1, 0.15) is 0 Å². The van der Waals surface area contributed by atoms with Crippen LogP contribution in [0.25, 0.3) is 0 Å². The van der Waals surface area contributed by atoms with Gasteiger partial charge in [0.15, 0.2) is 18.3 Å². The minimum Gasteiger partial charge on any atom is -0.479 e. The van der Waals surface area contributed by atoms with Gasteiger partial charge in [0.05, 0.1) is 0 Å². The molecular weight excluding hydrogens is 328 g/mol. The molecule has 0 aromatic rings. The van der Waals surface area contributed by atoms with Crippen molar-refractivity contribution in [3.8, 4) is 0 Å². The fraction of sp³-hybridized carbons (Fsp3) is 0.600. The topological polar surface area (TPSA) is 239 Å². The molecule has 13 nitrogen and oxygen atoms in total. The van der Waals surface area contributed by atoms with E-state index in [1.54, 1.807) is 0 Å². The van der Waals surface area contributed by atoms with Gasteiger partial charge in [-0.15, -0.1) is 0 Å². The number of carboxylic acids is 3. The molecule has 0 aliphatic heterocycles. The molecular formula is C10H14O13. The second-order valence-electron chi connectivity index (χ2n) is 4.19. The number of hydrogen-bond acceptors (Lipinski definition) is 10. The Morgan fingerprint density at radius 1 is 0.609 bits per heavy atom. The summed E-state index contributed by atoms with van der Waals surface area (Å²) in [6, 6.07) is 0. The summed E-state index contributed by atoms with van der Waals surface area (Å²) in [4.78, 5) is 42.9. The molecule has 0 rings (SSSR count). The minimum atomic E-state index is -2.72. The molecule has 132 valence electrons. The fourth-order valence-electron chi connectivity index (χ4n) is 1.24. The van der Waals surface area contributed by atoms with Crippen molar-refractivity contribution in [3.05, 3.63) is 0 Å². The SMILES string of the molecule is O=C(O)C(O)C(O)C(=O)O[C@@H](C(=O)O)[C@@H](O)[C@@H](O)[C@H](O)C(=O)O. The van der Waals surface area contributed by atoms with Crippen LogP contribution in [0.4, 0.5) is 0 Å². The lowest BCUT2D eigenvalue weighted by atomic mass is 10.0. The van der Waals surface area contributed by atoms with Gasteiger partial charge in [0.2, 0.25) is 6.10 Å². The largest absolute Gasteiger partial charge is 0.479 e. The second kappa shape index (κ2) is 8.35. The van der Waals surface area contributed by atoms with Gasteiger partial charge in [-0.3, -0.25) is 0 Å². The van der Waals surface area contributed by atoms with Gasteiger partial charge in [0.25, 0.3) is 0 Å². The molecule has 0 saturated heterocycles. The lowest BCUT2D eigenvalue weighted by Gasteiger charge is -2.26. The van der Waals surface area contributed by atoms with E-state index in [9.17, 15) is 29.4 Å². The van der Waals surface area contributed by atoms with Gasteiger partial charge in [-0.25, -0.2) is 19.2 Å². The fourth-order valence-corrected chi connectivity index (χ4v) is 1.24. The molecule has 0 aliphatic carbocycles. The van der Waals surface area contributed by atoms with E-state index in [0.717, 1.165) is 0 Å². The first kappa shape index (κ1) is 20.7. The number of carboxylic acid groups (broad SMARTS) is 3. The molecule has 0 aromatic carbocycles. The average molecular weight is 342 g/mol. The Labute approximate surface area is 126 Å². The van der Waals surface area contributed by atoms with Crippen LogP contribution >= 0.6 is 0 Å². The van der Waals surface area contributed by atoms with Crippen LogP contribution < -0.4 is 0 Å². The highest BCUT2D eigenvalue weighted by molar-refractivity contribution is 5.86. The lowest BCUT2D eigenvalue weighted by Crippen LogP contribution is -2.53. The van der Waals surface area contributed by atoms with Crippen molar-refractivity contribution in [3.63, 3.8) is 0 Å². The highest BCUT2D eigenvalue weighted by atomic mass is 16.6. The molecule has 0 heterocycles. The third-order valence-electron chi connectivity index (χ3n) is 2.52. The molecule has 6 atom stereocenters. The first-order valence-corrected chi connectivity index (χ1v) is 5.71. The number of esters is 1. The van der Waals surface area contributed by atoms with Crippen molar-refractivity contribution in [1.29, 1.82) is 0 Å². The van der Waals surface area contributed by atoms with E-state index < -0.39 is 60.5 Å². The summed E-state index contributed by atoms with van der Waals surface area (Å²) in [5, 5.41) is 71.3. The zero-order chi connectivity index (χ0) is 18.5. The average Bonchev–Trinajstić information content (AvgIpc) is 2.47. The maximum atomic E-state index is 11.3. The maximum Gasteiger partial charge on any atom is 0.347 e. The van der Waals surface area contributed by atoms with Crippen molar-refractivity contribution < 1.29 is 64.8 Å². The first-order valence-electron chi connectivity index (χ1n) is 5.71. The summed E-state index contributed by atoms with van der Waals surface area (Å²) in [6.45, 7) is 0. The van der Waals surface area contributed by atoms with E-state index in [-0.39, 0.29) is 0 Å². The summed E-state index contributed by atoms with van der Waals surface area (Å²) < 4.78 is 4.03. The van der Waals surface area contributed by atoms with Crippen LogP contribution in [0, 0.1) is 0 Å². The highest BCUT2D eigenvalue weighted by Crippen LogP contribution is 2.11. The van der Waals surface area contributed by atoms with Gasteiger partial charge in [0, 0.05) is 0 Å². The predicted molar refractivity (Wildman–Crippen MR) is 62.8 cm³/mol. The summed E-state index contributed by atoms with van der Waals surface area (Å²) in [5.41, 5.74) is 0. The molecule has 0 aromatic heterocycles. The zero-order valence-electron chi connectivity index (χ0n) is 11.1. The van der Waals surface area contributed by atoms with Crippen molar-refractivity contribution >= 4 is 23.9 Å². The van der Waals surface area contributed by atoms with Crippen molar-refractivity contribution in [1.82, 2.24) is 0 Å². The van der Waals surface area contributed by atoms with E-state index >= 15 is 0 Å². The molecule has 0 spiro atoms. The van der Waals surface area contributed by atoms with E-state index in [1.807, 2.05) is 0 Å².